The zero-order valence-corrected chi connectivity index (χ0v) is 12.2. The van der Waals surface area contributed by atoms with Gasteiger partial charge >= 0.3 is 0 Å². The lowest BCUT2D eigenvalue weighted by molar-refractivity contribution is -0.136. The van der Waals surface area contributed by atoms with Gasteiger partial charge < -0.3 is 4.74 Å². The molecule has 0 aliphatic carbocycles. The molecule has 4 heteroatoms. The van der Waals surface area contributed by atoms with E-state index in [4.69, 9.17) is 10.3 Å². The first-order chi connectivity index (χ1) is 8.61. The summed E-state index contributed by atoms with van der Waals surface area (Å²) in [5, 5.41) is 3.57. The van der Waals surface area contributed by atoms with Gasteiger partial charge in [-0.25, -0.2) is 0 Å². The van der Waals surface area contributed by atoms with Crippen LogP contribution in [0.5, 0.6) is 0 Å². The van der Waals surface area contributed by atoms with Crippen LogP contribution in [-0.2, 0) is 4.74 Å². The lowest BCUT2D eigenvalue weighted by Crippen LogP contribution is -2.44. The highest BCUT2D eigenvalue weighted by Gasteiger charge is 2.37. The summed E-state index contributed by atoms with van der Waals surface area (Å²) >= 11 is 0. The van der Waals surface area contributed by atoms with E-state index in [0.29, 0.717) is 30.6 Å². The van der Waals surface area contributed by atoms with Crippen molar-refractivity contribution in [3.63, 3.8) is 0 Å². The molecule has 5 unspecified atom stereocenters. The van der Waals surface area contributed by atoms with Gasteiger partial charge in [-0.15, -0.1) is 0 Å². The van der Waals surface area contributed by atoms with Crippen molar-refractivity contribution in [1.29, 1.82) is 0 Å². The van der Waals surface area contributed by atoms with E-state index in [9.17, 15) is 0 Å². The highest BCUT2D eigenvalue weighted by atomic mass is 16.5. The normalized spacial score (nSPS) is 36.1. The minimum atomic E-state index is 0.382. The van der Waals surface area contributed by atoms with Gasteiger partial charge in [-0.05, 0) is 42.5 Å². The van der Waals surface area contributed by atoms with Crippen molar-refractivity contribution < 1.29 is 4.74 Å². The molecule has 0 spiro atoms. The quantitative estimate of drug-likeness (QED) is 0.296. The molecular formula is C14H27N3O. The number of ether oxygens (including phenoxy) is 1. The van der Waals surface area contributed by atoms with Crippen LogP contribution in [-0.4, -0.2) is 18.8 Å². The molecule has 0 aromatic carbocycles. The van der Waals surface area contributed by atoms with Crippen LogP contribution in [0.25, 0.3) is 10.4 Å². The van der Waals surface area contributed by atoms with Crippen LogP contribution in [0.4, 0.5) is 0 Å². The van der Waals surface area contributed by atoms with Gasteiger partial charge in [0.2, 0.25) is 0 Å². The maximum Gasteiger partial charge on any atom is 0.0607 e. The molecule has 0 aromatic heterocycles. The average molecular weight is 253 g/mol. The van der Waals surface area contributed by atoms with Crippen LogP contribution >= 0.6 is 0 Å². The van der Waals surface area contributed by atoms with E-state index in [1.165, 1.54) is 0 Å². The molecule has 1 fully saturated rings. The third-order valence-corrected chi connectivity index (χ3v) is 4.64. The molecular weight excluding hydrogens is 226 g/mol. The fraction of sp³-hybridized carbons (Fsp3) is 1.00. The van der Waals surface area contributed by atoms with Gasteiger partial charge in [-0.1, -0.05) is 39.2 Å². The van der Waals surface area contributed by atoms with Gasteiger partial charge in [0, 0.05) is 11.5 Å². The molecule has 1 rings (SSSR count). The minimum Gasteiger partial charge on any atom is -0.374 e. The van der Waals surface area contributed by atoms with Crippen LogP contribution in [0, 0.1) is 17.8 Å². The maximum absolute atomic E-state index is 8.22. The standard InChI is InChI=1S/C14H27N3O/c1-5-13-11(3)10(2)12(4)14(18-13)8-6-7-9-16-17-15/h10-14H,5-9H2,1-4H3. The molecule has 1 aliphatic heterocycles. The first-order valence-electron chi connectivity index (χ1n) is 7.28. The van der Waals surface area contributed by atoms with Crippen molar-refractivity contribution in [2.45, 2.75) is 65.6 Å². The van der Waals surface area contributed by atoms with Crippen molar-refractivity contribution in [3.05, 3.63) is 10.4 Å². The number of unbranched alkanes of at least 4 members (excludes halogenated alkanes) is 1. The molecule has 104 valence electrons. The lowest BCUT2D eigenvalue weighted by atomic mass is 9.75. The van der Waals surface area contributed by atoms with E-state index in [2.05, 4.69) is 37.7 Å². The Kier molecular flexibility index (Phi) is 6.51. The summed E-state index contributed by atoms with van der Waals surface area (Å²) in [6.07, 6.45) is 5.05. The molecule has 18 heavy (non-hydrogen) atoms. The summed E-state index contributed by atoms with van der Waals surface area (Å²) in [5.74, 6) is 2.01. The van der Waals surface area contributed by atoms with Gasteiger partial charge in [0.25, 0.3) is 0 Å². The summed E-state index contributed by atoms with van der Waals surface area (Å²) in [6, 6.07) is 0. The van der Waals surface area contributed by atoms with E-state index in [1.807, 2.05) is 0 Å². The first kappa shape index (κ1) is 15.3. The molecule has 0 saturated carbocycles. The van der Waals surface area contributed by atoms with E-state index < -0.39 is 0 Å². The second-order valence-electron chi connectivity index (χ2n) is 5.65. The van der Waals surface area contributed by atoms with Crippen molar-refractivity contribution in [2.24, 2.45) is 22.9 Å². The zero-order chi connectivity index (χ0) is 13.5. The number of azide groups is 1. The van der Waals surface area contributed by atoms with Gasteiger partial charge in [-0.2, -0.15) is 0 Å². The molecule has 0 bridgehead atoms. The molecule has 1 aliphatic rings. The topological polar surface area (TPSA) is 58.0 Å². The molecule has 0 amide bonds. The van der Waals surface area contributed by atoms with E-state index in [1.54, 1.807) is 0 Å². The van der Waals surface area contributed by atoms with Crippen molar-refractivity contribution in [1.82, 2.24) is 0 Å². The van der Waals surface area contributed by atoms with Crippen molar-refractivity contribution in [3.8, 4) is 0 Å². The third-order valence-electron chi connectivity index (χ3n) is 4.64. The SMILES string of the molecule is CCC1OC(CCCCN=[N+]=[N-])C(C)C(C)C1C. The summed E-state index contributed by atoms with van der Waals surface area (Å²) in [5.41, 5.74) is 8.22. The molecule has 1 heterocycles. The average Bonchev–Trinajstić information content (AvgIpc) is 2.38. The van der Waals surface area contributed by atoms with Crippen LogP contribution in [0.3, 0.4) is 0 Å². The van der Waals surface area contributed by atoms with Crippen LogP contribution in [0.2, 0.25) is 0 Å². The Labute approximate surface area is 111 Å². The van der Waals surface area contributed by atoms with Crippen molar-refractivity contribution in [2.75, 3.05) is 6.54 Å². The second-order valence-corrected chi connectivity index (χ2v) is 5.65. The number of rotatable bonds is 6. The molecule has 0 radical (unpaired) electrons. The number of nitrogens with zero attached hydrogens (tertiary/aromatic N) is 3. The Morgan fingerprint density at radius 3 is 2.33 bits per heavy atom. The minimum absolute atomic E-state index is 0.382. The smallest absolute Gasteiger partial charge is 0.0607 e. The Bertz CT molecular complexity index is 287. The third kappa shape index (κ3) is 3.89. The van der Waals surface area contributed by atoms with Gasteiger partial charge in [0.15, 0.2) is 0 Å². The van der Waals surface area contributed by atoms with Crippen LogP contribution in [0.1, 0.15) is 53.4 Å². The summed E-state index contributed by atoms with van der Waals surface area (Å²) in [7, 11) is 0. The molecule has 0 aromatic rings. The monoisotopic (exact) mass is 253 g/mol. The summed E-state index contributed by atoms with van der Waals surface area (Å²) in [6.45, 7) is 9.80. The van der Waals surface area contributed by atoms with E-state index >= 15 is 0 Å². The lowest BCUT2D eigenvalue weighted by Gasteiger charge is -2.44. The van der Waals surface area contributed by atoms with Gasteiger partial charge in [-0.3, -0.25) is 0 Å². The number of hydrogen-bond acceptors (Lipinski definition) is 2. The molecule has 1 saturated heterocycles. The maximum atomic E-state index is 8.22. The molecule has 5 atom stereocenters. The van der Waals surface area contributed by atoms with E-state index in [-0.39, 0.29) is 0 Å². The summed E-state index contributed by atoms with van der Waals surface area (Å²) in [4.78, 5) is 2.78. The van der Waals surface area contributed by atoms with E-state index in [0.717, 1.165) is 31.6 Å². The molecule has 4 nitrogen and oxygen atoms in total. The highest BCUT2D eigenvalue weighted by molar-refractivity contribution is 4.85. The number of hydrogen-bond donors (Lipinski definition) is 0. The Hall–Kier alpha value is -0.730. The molecule has 0 N–H and O–H groups in total. The largest absolute Gasteiger partial charge is 0.374 e. The predicted octanol–water partition coefficient (Wildman–Crippen LogP) is 4.55. The predicted molar refractivity (Wildman–Crippen MR) is 74.3 cm³/mol. The Balaban J connectivity index is 2.41. The highest BCUT2D eigenvalue weighted by Crippen LogP contribution is 2.37. The summed E-state index contributed by atoms with van der Waals surface area (Å²) < 4.78 is 6.23. The van der Waals surface area contributed by atoms with Crippen LogP contribution in [0.15, 0.2) is 5.11 Å². The fourth-order valence-electron chi connectivity index (χ4n) is 3.00. The van der Waals surface area contributed by atoms with Crippen LogP contribution < -0.4 is 0 Å². The second kappa shape index (κ2) is 7.65. The van der Waals surface area contributed by atoms with Gasteiger partial charge in [0.05, 0.1) is 12.2 Å². The first-order valence-corrected chi connectivity index (χ1v) is 7.28. The fourth-order valence-corrected chi connectivity index (χ4v) is 3.00. The zero-order valence-electron chi connectivity index (χ0n) is 12.2. The Morgan fingerprint density at radius 1 is 1.06 bits per heavy atom. The van der Waals surface area contributed by atoms with Gasteiger partial charge in [0.1, 0.15) is 0 Å². The van der Waals surface area contributed by atoms with Crippen molar-refractivity contribution >= 4 is 0 Å². The Morgan fingerprint density at radius 2 is 1.72 bits per heavy atom.